The van der Waals surface area contributed by atoms with Crippen LogP contribution in [0.15, 0.2) is 48.5 Å². The molecule has 1 amide bonds. The van der Waals surface area contributed by atoms with Gasteiger partial charge in [-0.2, -0.15) is 0 Å². The number of hydrogen-bond acceptors (Lipinski definition) is 4. The van der Waals surface area contributed by atoms with E-state index in [1.165, 1.54) is 0 Å². The molecule has 0 bridgehead atoms. The third-order valence-electron chi connectivity index (χ3n) is 3.46. The van der Waals surface area contributed by atoms with E-state index in [0.717, 1.165) is 17.1 Å². The second kappa shape index (κ2) is 8.82. The third-order valence-corrected chi connectivity index (χ3v) is 3.46. The normalized spacial score (nSPS) is 11.5. The number of rotatable bonds is 8. The number of nitrogens with one attached hydrogen (secondary N) is 1. The molecule has 0 aliphatic rings. The molecule has 1 unspecified atom stereocenters. The maximum atomic E-state index is 12.2. The van der Waals surface area contributed by atoms with E-state index in [-0.39, 0.29) is 5.91 Å². The van der Waals surface area contributed by atoms with Gasteiger partial charge in [0.2, 0.25) is 0 Å². The van der Waals surface area contributed by atoms with Crippen LogP contribution in [0.4, 0.5) is 0 Å². The lowest BCUT2D eigenvalue weighted by atomic mass is 10.2. The Labute approximate surface area is 142 Å². The highest BCUT2D eigenvalue weighted by atomic mass is 16.5. The minimum absolute atomic E-state index is 0.185. The van der Waals surface area contributed by atoms with E-state index >= 15 is 0 Å². The van der Waals surface area contributed by atoms with Crippen LogP contribution in [0.3, 0.4) is 0 Å². The predicted molar refractivity (Wildman–Crippen MR) is 92.5 cm³/mol. The molecule has 5 nitrogen and oxygen atoms in total. The topological polar surface area (TPSA) is 56.8 Å². The van der Waals surface area contributed by atoms with E-state index in [4.69, 9.17) is 14.2 Å². The molecule has 0 aliphatic heterocycles. The highest BCUT2D eigenvalue weighted by Crippen LogP contribution is 2.19. The number of methoxy groups -OCH3 is 1. The molecule has 0 saturated heterocycles. The molecule has 0 saturated carbocycles. The highest BCUT2D eigenvalue weighted by molar-refractivity contribution is 5.80. The molecule has 0 heterocycles. The first-order chi connectivity index (χ1) is 11.6. The molecule has 2 aromatic rings. The summed E-state index contributed by atoms with van der Waals surface area (Å²) in [6.07, 6.45) is -0.599. The Balaban J connectivity index is 1.87. The largest absolute Gasteiger partial charge is 0.496 e. The number of benzene rings is 2. The van der Waals surface area contributed by atoms with Crippen LogP contribution in [0.25, 0.3) is 0 Å². The van der Waals surface area contributed by atoms with Crippen molar-refractivity contribution >= 4 is 5.91 Å². The number of hydrogen-bond donors (Lipinski definition) is 1. The number of amides is 1. The van der Waals surface area contributed by atoms with Gasteiger partial charge in [-0.15, -0.1) is 0 Å². The maximum absolute atomic E-state index is 12.2. The van der Waals surface area contributed by atoms with Crippen LogP contribution in [0, 0.1) is 0 Å². The zero-order chi connectivity index (χ0) is 17.4. The summed E-state index contributed by atoms with van der Waals surface area (Å²) in [6, 6.07) is 14.8. The predicted octanol–water partition coefficient (Wildman–Crippen LogP) is 3.18. The highest BCUT2D eigenvalue weighted by Gasteiger charge is 2.15. The third kappa shape index (κ3) is 4.91. The summed E-state index contributed by atoms with van der Waals surface area (Å²) in [5.41, 5.74) is 0.918. The summed E-state index contributed by atoms with van der Waals surface area (Å²) < 4.78 is 16.3. The molecule has 0 spiro atoms. The van der Waals surface area contributed by atoms with Gasteiger partial charge in [0.25, 0.3) is 5.91 Å². The van der Waals surface area contributed by atoms with Gasteiger partial charge in [0, 0.05) is 12.1 Å². The molecule has 5 heteroatoms. The second-order valence-corrected chi connectivity index (χ2v) is 5.19. The molecule has 0 aliphatic carbocycles. The summed E-state index contributed by atoms with van der Waals surface area (Å²) >= 11 is 0. The summed E-state index contributed by atoms with van der Waals surface area (Å²) in [5.74, 6) is 1.96. The minimum atomic E-state index is -0.599. The molecular formula is C19H23NO4. The Hall–Kier alpha value is -2.69. The van der Waals surface area contributed by atoms with Gasteiger partial charge in [-0.25, -0.2) is 0 Å². The summed E-state index contributed by atoms with van der Waals surface area (Å²) in [4.78, 5) is 12.2. The average Bonchev–Trinajstić information content (AvgIpc) is 2.61. The van der Waals surface area contributed by atoms with Crippen LogP contribution >= 0.6 is 0 Å². The van der Waals surface area contributed by atoms with E-state index in [1.54, 1.807) is 26.2 Å². The molecule has 2 rings (SSSR count). The number of para-hydroxylation sites is 1. The first kappa shape index (κ1) is 17.7. The van der Waals surface area contributed by atoms with Gasteiger partial charge in [-0.3, -0.25) is 4.79 Å². The minimum Gasteiger partial charge on any atom is -0.496 e. The number of carbonyl (C=O) groups is 1. The van der Waals surface area contributed by atoms with Crippen molar-refractivity contribution in [1.82, 2.24) is 5.32 Å². The average molecular weight is 329 g/mol. The molecule has 0 radical (unpaired) electrons. The second-order valence-electron chi connectivity index (χ2n) is 5.19. The molecule has 2 aromatic carbocycles. The van der Waals surface area contributed by atoms with Crippen molar-refractivity contribution in [2.24, 2.45) is 0 Å². The summed E-state index contributed by atoms with van der Waals surface area (Å²) in [6.45, 7) is 4.65. The van der Waals surface area contributed by atoms with Crippen LogP contribution in [-0.4, -0.2) is 25.7 Å². The van der Waals surface area contributed by atoms with Crippen LogP contribution in [0.2, 0.25) is 0 Å². The van der Waals surface area contributed by atoms with Gasteiger partial charge < -0.3 is 19.5 Å². The SMILES string of the molecule is CCOc1ccc(OC(C)C(=O)NCc2ccccc2OC)cc1. The van der Waals surface area contributed by atoms with Crippen LogP contribution in [0.5, 0.6) is 17.2 Å². The van der Waals surface area contributed by atoms with E-state index in [0.29, 0.717) is 18.9 Å². The molecular weight excluding hydrogens is 306 g/mol. The summed E-state index contributed by atoms with van der Waals surface area (Å²) in [5, 5.41) is 2.86. The van der Waals surface area contributed by atoms with Crippen molar-refractivity contribution in [2.75, 3.05) is 13.7 Å². The Morgan fingerprint density at radius 2 is 1.75 bits per heavy atom. The van der Waals surface area contributed by atoms with E-state index in [2.05, 4.69) is 5.32 Å². The van der Waals surface area contributed by atoms with Gasteiger partial charge in [-0.1, -0.05) is 18.2 Å². The van der Waals surface area contributed by atoms with Crippen LogP contribution in [-0.2, 0) is 11.3 Å². The number of ether oxygens (including phenoxy) is 3. The van der Waals surface area contributed by atoms with Crippen LogP contribution < -0.4 is 19.5 Å². The Morgan fingerprint density at radius 3 is 2.42 bits per heavy atom. The monoisotopic (exact) mass is 329 g/mol. The maximum Gasteiger partial charge on any atom is 0.261 e. The van der Waals surface area contributed by atoms with Crippen molar-refractivity contribution in [3.05, 3.63) is 54.1 Å². The zero-order valence-corrected chi connectivity index (χ0v) is 14.2. The van der Waals surface area contributed by atoms with Gasteiger partial charge in [0.15, 0.2) is 6.10 Å². The first-order valence-electron chi connectivity index (χ1n) is 7.93. The first-order valence-corrected chi connectivity index (χ1v) is 7.93. The van der Waals surface area contributed by atoms with Crippen molar-refractivity contribution in [3.63, 3.8) is 0 Å². The smallest absolute Gasteiger partial charge is 0.261 e. The Morgan fingerprint density at radius 1 is 1.08 bits per heavy atom. The van der Waals surface area contributed by atoms with Gasteiger partial charge in [0.05, 0.1) is 13.7 Å². The fourth-order valence-corrected chi connectivity index (χ4v) is 2.21. The van der Waals surface area contributed by atoms with Crippen molar-refractivity contribution in [2.45, 2.75) is 26.5 Å². The van der Waals surface area contributed by atoms with Gasteiger partial charge in [0.1, 0.15) is 17.2 Å². The van der Waals surface area contributed by atoms with E-state index < -0.39 is 6.10 Å². The lowest BCUT2D eigenvalue weighted by Crippen LogP contribution is -2.35. The van der Waals surface area contributed by atoms with Gasteiger partial charge in [-0.05, 0) is 44.2 Å². The Bertz CT molecular complexity index is 655. The van der Waals surface area contributed by atoms with Gasteiger partial charge >= 0.3 is 0 Å². The lowest BCUT2D eigenvalue weighted by Gasteiger charge is -2.16. The molecule has 1 N–H and O–H groups in total. The molecule has 128 valence electrons. The summed E-state index contributed by atoms with van der Waals surface area (Å²) in [7, 11) is 1.61. The van der Waals surface area contributed by atoms with Crippen molar-refractivity contribution in [1.29, 1.82) is 0 Å². The van der Waals surface area contributed by atoms with Crippen molar-refractivity contribution < 1.29 is 19.0 Å². The molecule has 0 fully saturated rings. The fourth-order valence-electron chi connectivity index (χ4n) is 2.21. The molecule has 0 aromatic heterocycles. The molecule has 24 heavy (non-hydrogen) atoms. The zero-order valence-electron chi connectivity index (χ0n) is 14.2. The molecule has 1 atom stereocenters. The van der Waals surface area contributed by atoms with Crippen LogP contribution in [0.1, 0.15) is 19.4 Å². The van der Waals surface area contributed by atoms with E-state index in [1.807, 2.05) is 43.3 Å². The fraction of sp³-hybridized carbons (Fsp3) is 0.316. The van der Waals surface area contributed by atoms with Crippen molar-refractivity contribution in [3.8, 4) is 17.2 Å². The Kier molecular flexibility index (Phi) is 6.49. The standard InChI is InChI=1S/C19H23NO4/c1-4-23-16-9-11-17(12-10-16)24-14(2)19(21)20-13-15-7-5-6-8-18(15)22-3/h5-12,14H,4,13H2,1-3H3,(H,20,21). The number of carbonyl (C=O) groups excluding carboxylic acids is 1. The quantitative estimate of drug-likeness (QED) is 0.808. The van der Waals surface area contributed by atoms with E-state index in [9.17, 15) is 4.79 Å². The lowest BCUT2D eigenvalue weighted by molar-refractivity contribution is -0.127.